The fourth-order valence-electron chi connectivity index (χ4n) is 1.38. The van der Waals surface area contributed by atoms with Crippen LogP contribution in [0.1, 0.15) is 6.92 Å². The third-order valence-corrected chi connectivity index (χ3v) is 1.91. The van der Waals surface area contributed by atoms with E-state index in [1.807, 2.05) is 30.5 Å². The van der Waals surface area contributed by atoms with Gasteiger partial charge in [-0.1, -0.05) is 6.07 Å². The number of anilines is 1. The van der Waals surface area contributed by atoms with E-state index in [-0.39, 0.29) is 5.91 Å². The van der Waals surface area contributed by atoms with Gasteiger partial charge in [0.15, 0.2) is 0 Å². The molecule has 0 spiro atoms. The van der Waals surface area contributed by atoms with E-state index < -0.39 is 0 Å². The molecular formula is C10H10N2O. The van der Waals surface area contributed by atoms with E-state index in [0.717, 1.165) is 16.6 Å². The minimum atomic E-state index is -0.0475. The molecule has 0 aliphatic rings. The zero-order valence-electron chi connectivity index (χ0n) is 7.29. The van der Waals surface area contributed by atoms with Gasteiger partial charge in [0, 0.05) is 24.0 Å². The van der Waals surface area contributed by atoms with Gasteiger partial charge in [-0.05, 0) is 18.2 Å². The predicted octanol–water partition coefficient (Wildman–Crippen LogP) is 2.13. The first-order valence-corrected chi connectivity index (χ1v) is 4.11. The lowest BCUT2D eigenvalue weighted by molar-refractivity contribution is -0.114. The maximum atomic E-state index is 10.9. The van der Waals surface area contributed by atoms with Crippen LogP contribution in [0.4, 0.5) is 5.69 Å². The fraction of sp³-hybridized carbons (Fsp3) is 0.100. The number of H-pyrrole nitrogens is 1. The molecule has 3 heteroatoms. The Labute approximate surface area is 75.8 Å². The van der Waals surface area contributed by atoms with E-state index in [2.05, 4.69) is 10.3 Å². The third kappa shape index (κ3) is 1.40. The van der Waals surface area contributed by atoms with Crippen molar-refractivity contribution in [1.29, 1.82) is 0 Å². The van der Waals surface area contributed by atoms with E-state index in [9.17, 15) is 4.79 Å². The number of aromatic amines is 1. The van der Waals surface area contributed by atoms with Gasteiger partial charge >= 0.3 is 0 Å². The summed E-state index contributed by atoms with van der Waals surface area (Å²) in [5.41, 5.74) is 1.89. The van der Waals surface area contributed by atoms with Crippen molar-refractivity contribution in [2.24, 2.45) is 0 Å². The number of carbonyl (C=O) groups excluding carboxylic acids is 1. The van der Waals surface area contributed by atoms with Gasteiger partial charge in [-0.3, -0.25) is 4.79 Å². The molecule has 0 aliphatic heterocycles. The zero-order valence-corrected chi connectivity index (χ0v) is 7.29. The van der Waals surface area contributed by atoms with E-state index in [0.29, 0.717) is 0 Å². The lowest BCUT2D eigenvalue weighted by atomic mass is 10.2. The highest BCUT2D eigenvalue weighted by atomic mass is 16.1. The Bertz CT molecular complexity index is 445. The van der Waals surface area contributed by atoms with Crippen LogP contribution in [0.3, 0.4) is 0 Å². The number of rotatable bonds is 1. The normalized spacial score (nSPS) is 10.2. The van der Waals surface area contributed by atoms with E-state index >= 15 is 0 Å². The minimum Gasteiger partial charge on any atom is -0.361 e. The van der Waals surface area contributed by atoms with Crippen LogP contribution in [0, 0.1) is 0 Å². The van der Waals surface area contributed by atoms with Crippen molar-refractivity contribution in [3.05, 3.63) is 30.5 Å². The first kappa shape index (κ1) is 7.86. The lowest BCUT2D eigenvalue weighted by Gasteiger charge is -2.02. The van der Waals surface area contributed by atoms with Gasteiger partial charge in [0.2, 0.25) is 5.91 Å². The van der Waals surface area contributed by atoms with E-state index in [1.165, 1.54) is 6.92 Å². The number of carbonyl (C=O) groups is 1. The highest BCUT2D eigenvalue weighted by molar-refractivity contribution is 6.00. The van der Waals surface area contributed by atoms with Crippen molar-refractivity contribution in [3.63, 3.8) is 0 Å². The molecule has 3 nitrogen and oxygen atoms in total. The Balaban J connectivity index is 2.54. The third-order valence-electron chi connectivity index (χ3n) is 1.91. The van der Waals surface area contributed by atoms with E-state index in [1.54, 1.807) is 0 Å². The van der Waals surface area contributed by atoms with Gasteiger partial charge in [0.1, 0.15) is 0 Å². The Morgan fingerprint density at radius 1 is 1.38 bits per heavy atom. The molecule has 2 rings (SSSR count). The zero-order chi connectivity index (χ0) is 9.26. The average Bonchev–Trinajstić information content (AvgIpc) is 2.51. The molecule has 0 atom stereocenters. The van der Waals surface area contributed by atoms with Crippen LogP contribution in [0.15, 0.2) is 30.5 Å². The van der Waals surface area contributed by atoms with E-state index in [4.69, 9.17) is 0 Å². The molecule has 2 N–H and O–H groups in total. The lowest BCUT2D eigenvalue weighted by Crippen LogP contribution is -2.05. The number of amides is 1. The molecule has 0 saturated carbocycles. The molecule has 0 fully saturated rings. The molecular weight excluding hydrogens is 164 g/mol. The summed E-state index contributed by atoms with van der Waals surface area (Å²) >= 11 is 0. The molecule has 13 heavy (non-hydrogen) atoms. The summed E-state index contributed by atoms with van der Waals surface area (Å²) in [7, 11) is 0. The molecule has 1 aromatic heterocycles. The van der Waals surface area contributed by atoms with Crippen molar-refractivity contribution in [2.75, 3.05) is 5.32 Å². The molecule has 0 unspecified atom stereocenters. The summed E-state index contributed by atoms with van der Waals surface area (Å²) in [5.74, 6) is -0.0475. The van der Waals surface area contributed by atoms with Gasteiger partial charge in [0.25, 0.3) is 0 Å². The van der Waals surface area contributed by atoms with Crippen LogP contribution in [0.5, 0.6) is 0 Å². The van der Waals surface area contributed by atoms with Crippen molar-refractivity contribution in [1.82, 2.24) is 4.98 Å². The highest BCUT2D eigenvalue weighted by Crippen LogP contribution is 2.21. The first-order chi connectivity index (χ1) is 6.27. The van der Waals surface area contributed by atoms with Crippen molar-refractivity contribution in [3.8, 4) is 0 Å². The van der Waals surface area contributed by atoms with Crippen LogP contribution in [-0.2, 0) is 4.79 Å². The summed E-state index contributed by atoms with van der Waals surface area (Å²) in [5, 5.41) is 3.81. The smallest absolute Gasteiger partial charge is 0.221 e. The first-order valence-electron chi connectivity index (χ1n) is 4.11. The molecule has 0 radical (unpaired) electrons. The minimum absolute atomic E-state index is 0.0475. The molecule has 1 heterocycles. The molecule has 1 aromatic carbocycles. The standard InChI is InChI=1S/C10H10N2O/c1-7(13)12-10-4-2-3-9-8(10)5-6-11-9/h2-6,11H,1H3,(H,12,13). The topological polar surface area (TPSA) is 44.9 Å². The molecule has 1 amide bonds. The van der Waals surface area contributed by atoms with Gasteiger partial charge in [-0.25, -0.2) is 0 Å². The molecule has 0 aliphatic carbocycles. The summed E-state index contributed by atoms with van der Waals surface area (Å²) < 4.78 is 0. The summed E-state index contributed by atoms with van der Waals surface area (Å²) in [4.78, 5) is 13.9. The maximum Gasteiger partial charge on any atom is 0.221 e. The molecule has 2 aromatic rings. The van der Waals surface area contributed by atoms with Gasteiger partial charge in [-0.15, -0.1) is 0 Å². The van der Waals surface area contributed by atoms with Crippen LogP contribution in [0.2, 0.25) is 0 Å². The predicted molar refractivity (Wildman–Crippen MR) is 52.6 cm³/mol. The van der Waals surface area contributed by atoms with Crippen molar-refractivity contribution < 1.29 is 4.79 Å². The Kier molecular flexibility index (Phi) is 1.77. The molecule has 0 bridgehead atoms. The summed E-state index contributed by atoms with van der Waals surface area (Å²) in [6, 6.07) is 7.71. The maximum absolute atomic E-state index is 10.9. The molecule has 0 saturated heterocycles. The fourth-order valence-corrected chi connectivity index (χ4v) is 1.38. The number of fused-ring (bicyclic) bond motifs is 1. The van der Waals surface area contributed by atoms with Crippen LogP contribution < -0.4 is 5.32 Å². The largest absolute Gasteiger partial charge is 0.361 e. The van der Waals surface area contributed by atoms with Crippen LogP contribution in [0.25, 0.3) is 10.9 Å². The SMILES string of the molecule is CC(=O)Nc1cccc2[nH]ccc12. The second-order valence-electron chi connectivity index (χ2n) is 2.93. The second-order valence-corrected chi connectivity index (χ2v) is 2.93. The summed E-state index contributed by atoms with van der Waals surface area (Å²) in [6.45, 7) is 1.51. The number of benzene rings is 1. The van der Waals surface area contributed by atoms with Crippen LogP contribution in [-0.4, -0.2) is 10.9 Å². The Morgan fingerprint density at radius 2 is 2.23 bits per heavy atom. The highest BCUT2D eigenvalue weighted by Gasteiger charge is 2.01. The quantitative estimate of drug-likeness (QED) is 0.683. The molecule has 66 valence electrons. The Hall–Kier alpha value is -1.77. The van der Waals surface area contributed by atoms with Crippen LogP contribution >= 0.6 is 0 Å². The number of aromatic nitrogens is 1. The summed E-state index contributed by atoms with van der Waals surface area (Å²) in [6.07, 6.45) is 1.86. The van der Waals surface area contributed by atoms with Crippen molar-refractivity contribution >= 4 is 22.5 Å². The van der Waals surface area contributed by atoms with Gasteiger partial charge in [-0.2, -0.15) is 0 Å². The van der Waals surface area contributed by atoms with Crippen molar-refractivity contribution in [2.45, 2.75) is 6.92 Å². The second kappa shape index (κ2) is 2.94. The van der Waals surface area contributed by atoms with Gasteiger partial charge in [0.05, 0.1) is 5.69 Å². The monoisotopic (exact) mass is 174 g/mol. The number of hydrogen-bond donors (Lipinski definition) is 2. The Morgan fingerprint density at radius 3 is 3.00 bits per heavy atom. The number of nitrogens with one attached hydrogen (secondary N) is 2. The number of hydrogen-bond acceptors (Lipinski definition) is 1. The average molecular weight is 174 g/mol. The van der Waals surface area contributed by atoms with Gasteiger partial charge < -0.3 is 10.3 Å².